The number of amides is 1. The molecule has 0 saturated heterocycles. The molecule has 0 unspecified atom stereocenters. The van der Waals surface area contributed by atoms with E-state index in [2.05, 4.69) is 29.5 Å². The van der Waals surface area contributed by atoms with Crippen LogP contribution in [0.25, 0.3) is 16.6 Å². The topological polar surface area (TPSA) is 68.9 Å². The van der Waals surface area contributed by atoms with Crippen molar-refractivity contribution in [3.8, 4) is 5.69 Å². The van der Waals surface area contributed by atoms with Crippen LogP contribution in [-0.4, -0.2) is 20.3 Å². The SMILES string of the molecule is CCc1ccc(CNC(=O)Cn2ccc3c(c(C)nn3-c3ccc(C)cc3)c2=O)cc1. The first kappa shape index (κ1) is 20.6. The molecule has 0 spiro atoms. The fourth-order valence-corrected chi connectivity index (χ4v) is 3.65. The molecule has 0 aliphatic rings. The molecule has 0 atom stereocenters. The van der Waals surface area contributed by atoms with Gasteiger partial charge in [0.25, 0.3) is 5.56 Å². The van der Waals surface area contributed by atoms with E-state index in [1.807, 2.05) is 56.3 Å². The largest absolute Gasteiger partial charge is 0.350 e. The number of hydrogen-bond donors (Lipinski definition) is 1. The molecule has 4 rings (SSSR count). The maximum Gasteiger partial charge on any atom is 0.262 e. The van der Waals surface area contributed by atoms with Gasteiger partial charge in [-0.15, -0.1) is 0 Å². The van der Waals surface area contributed by atoms with Crippen LogP contribution in [0.2, 0.25) is 0 Å². The molecule has 1 amide bonds. The average molecular weight is 415 g/mol. The van der Waals surface area contributed by atoms with E-state index in [4.69, 9.17) is 0 Å². The van der Waals surface area contributed by atoms with Gasteiger partial charge in [0.05, 0.1) is 22.3 Å². The molecule has 0 saturated carbocycles. The Morgan fingerprint density at radius 3 is 2.32 bits per heavy atom. The molecule has 0 bridgehead atoms. The van der Waals surface area contributed by atoms with E-state index in [0.717, 1.165) is 28.8 Å². The van der Waals surface area contributed by atoms with Crippen molar-refractivity contribution in [3.63, 3.8) is 0 Å². The summed E-state index contributed by atoms with van der Waals surface area (Å²) in [6.45, 7) is 6.36. The summed E-state index contributed by atoms with van der Waals surface area (Å²) in [5, 5.41) is 7.99. The zero-order chi connectivity index (χ0) is 22.0. The molecular weight excluding hydrogens is 388 g/mol. The molecule has 6 nitrogen and oxygen atoms in total. The van der Waals surface area contributed by atoms with Crippen LogP contribution in [0.3, 0.4) is 0 Å². The summed E-state index contributed by atoms with van der Waals surface area (Å²) in [5.41, 5.74) is 5.51. The Bertz CT molecular complexity index is 1280. The van der Waals surface area contributed by atoms with Crippen molar-refractivity contribution in [3.05, 3.63) is 93.5 Å². The minimum Gasteiger partial charge on any atom is -0.350 e. The van der Waals surface area contributed by atoms with Gasteiger partial charge in [-0.25, -0.2) is 4.68 Å². The van der Waals surface area contributed by atoms with Crippen molar-refractivity contribution in [2.24, 2.45) is 0 Å². The number of rotatable bonds is 6. The third-order valence-corrected chi connectivity index (χ3v) is 5.50. The second kappa shape index (κ2) is 8.60. The lowest BCUT2D eigenvalue weighted by Crippen LogP contribution is -2.31. The van der Waals surface area contributed by atoms with Crippen LogP contribution in [0.4, 0.5) is 0 Å². The fourth-order valence-electron chi connectivity index (χ4n) is 3.65. The molecule has 0 fully saturated rings. The zero-order valence-corrected chi connectivity index (χ0v) is 18.1. The Morgan fingerprint density at radius 2 is 1.65 bits per heavy atom. The second-order valence-corrected chi connectivity index (χ2v) is 7.79. The standard InChI is InChI=1S/C25H26N4O2/c1-4-19-7-9-20(10-8-19)15-26-23(30)16-28-14-13-22-24(25(28)31)18(3)27-29(22)21-11-5-17(2)6-12-21/h5-14H,4,15-16H2,1-3H3,(H,26,30). The molecule has 31 heavy (non-hydrogen) atoms. The average Bonchev–Trinajstić information content (AvgIpc) is 3.12. The molecule has 0 aliphatic heterocycles. The lowest BCUT2D eigenvalue weighted by atomic mass is 10.1. The van der Waals surface area contributed by atoms with Gasteiger partial charge in [0.2, 0.25) is 5.91 Å². The zero-order valence-electron chi connectivity index (χ0n) is 18.1. The molecule has 2 aromatic heterocycles. The fraction of sp³-hybridized carbons (Fsp3) is 0.240. The van der Waals surface area contributed by atoms with Crippen molar-refractivity contribution in [2.75, 3.05) is 0 Å². The molecule has 2 aromatic carbocycles. The van der Waals surface area contributed by atoms with Crippen LogP contribution < -0.4 is 10.9 Å². The monoisotopic (exact) mass is 414 g/mol. The summed E-state index contributed by atoms with van der Waals surface area (Å²) in [7, 11) is 0. The third-order valence-electron chi connectivity index (χ3n) is 5.50. The number of pyridine rings is 1. The van der Waals surface area contributed by atoms with Gasteiger partial charge in [0.1, 0.15) is 6.54 Å². The van der Waals surface area contributed by atoms with Crippen molar-refractivity contribution in [1.29, 1.82) is 0 Å². The van der Waals surface area contributed by atoms with Gasteiger partial charge in [0.15, 0.2) is 0 Å². The Hall–Kier alpha value is -3.67. The van der Waals surface area contributed by atoms with E-state index in [-0.39, 0.29) is 18.0 Å². The minimum absolute atomic E-state index is 0.0308. The minimum atomic E-state index is -0.212. The molecule has 4 aromatic rings. The van der Waals surface area contributed by atoms with Gasteiger partial charge < -0.3 is 9.88 Å². The highest BCUT2D eigenvalue weighted by atomic mass is 16.2. The van der Waals surface area contributed by atoms with Gasteiger partial charge in [-0.3, -0.25) is 9.59 Å². The van der Waals surface area contributed by atoms with E-state index in [1.165, 1.54) is 10.1 Å². The maximum atomic E-state index is 13.1. The molecule has 1 N–H and O–H groups in total. The lowest BCUT2D eigenvalue weighted by Gasteiger charge is -2.09. The van der Waals surface area contributed by atoms with Crippen LogP contribution >= 0.6 is 0 Å². The molecule has 6 heteroatoms. The van der Waals surface area contributed by atoms with Crippen molar-refractivity contribution < 1.29 is 4.79 Å². The van der Waals surface area contributed by atoms with E-state index in [9.17, 15) is 9.59 Å². The Kier molecular flexibility index (Phi) is 5.71. The smallest absolute Gasteiger partial charge is 0.262 e. The number of aromatic nitrogens is 3. The summed E-state index contributed by atoms with van der Waals surface area (Å²) in [6, 6.07) is 18.0. The van der Waals surface area contributed by atoms with Crippen molar-refractivity contribution >= 4 is 16.8 Å². The van der Waals surface area contributed by atoms with Gasteiger partial charge in [0, 0.05) is 12.7 Å². The Morgan fingerprint density at radius 1 is 0.968 bits per heavy atom. The van der Waals surface area contributed by atoms with Gasteiger partial charge in [-0.05, 0) is 49.6 Å². The van der Waals surface area contributed by atoms with Gasteiger partial charge >= 0.3 is 0 Å². The second-order valence-electron chi connectivity index (χ2n) is 7.79. The number of carbonyl (C=O) groups is 1. The predicted octanol–water partition coefficient (Wildman–Crippen LogP) is 3.68. The highest BCUT2D eigenvalue weighted by molar-refractivity contribution is 5.83. The normalized spacial score (nSPS) is 11.1. The molecule has 158 valence electrons. The molecule has 0 aliphatic carbocycles. The quantitative estimate of drug-likeness (QED) is 0.523. The molecular formula is C25H26N4O2. The third kappa shape index (κ3) is 4.28. The first-order valence-corrected chi connectivity index (χ1v) is 10.5. The highest BCUT2D eigenvalue weighted by Crippen LogP contribution is 2.19. The van der Waals surface area contributed by atoms with Crippen LogP contribution in [0.5, 0.6) is 0 Å². The summed E-state index contributed by atoms with van der Waals surface area (Å²) in [4.78, 5) is 25.5. The van der Waals surface area contributed by atoms with E-state index in [0.29, 0.717) is 17.6 Å². The predicted molar refractivity (Wildman–Crippen MR) is 122 cm³/mol. The van der Waals surface area contributed by atoms with Gasteiger partial charge in [-0.2, -0.15) is 5.10 Å². The van der Waals surface area contributed by atoms with Gasteiger partial charge in [-0.1, -0.05) is 48.9 Å². The van der Waals surface area contributed by atoms with Crippen LogP contribution in [0, 0.1) is 13.8 Å². The number of aryl methyl sites for hydroxylation is 3. The van der Waals surface area contributed by atoms with Crippen molar-refractivity contribution in [1.82, 2.24) is 19.7 Å². The lowest BCUT2D eigenvalue weighted by molar-refractivity contribution is -0.121. The number of benzene rings is 2. The van der Waals surface area contributed by atoms with Crippen LogP contribution in [-0.2, 0) is 24.3 Å². The van der Waals surface area contributed by atoms with Crippen molar-refractivity contribution in [2.45, 2.75) is 40.3 Å². The molecule has 0 radical (unpaired) electrons. The number of fused-ring (bicyclic) bond motifs is 1. The summed E-state index contributed by atoms with van der Waals surface area (Å²) < 4.78 is 3.21. The van der Waals surface area contributed by atoms with E-state index >= 15 is 0 Å². The number of hydrogen-bond acceptors (Lipinski definition) is 3. The summed E-state index contributed by atoms with van der Waals surface area (Å²) in [5.74, 6) is -0.204. The number of nitrogens with zero attached hydrogens (tertiary/aromatic N) is 3. The first-order chi connectivity index (χ1) is 15.0. The Labute approximate surface area is 181 Å². The Balaban J connectivity index is 1.53. The first-order valence-electron chi connectivity index (χ1n) is 10.5. The number of nitrogens with one attached hydrogen (secondary N) is 1. The highest BCUT2D eigenvalue weighted by Gasteiger charge is 2.15. The van der Waals surface area contributed by atoms with E-state index in [1.54, 1.807) is 10.9 Å². The summed E-state index contributed by atoms with van der Waals surface area (Å²) >= 11 is 0. The maximum absolute atomic E-state index is 13.1. The summed E-state index contributed by atoms with van der Waals surface area (Å²) in [6.07, 6.45) is 2.64. The molecule has 2 heterocycles. The van der Waals surface area contributed by atoms with E-state index < -0.39 is 0 Å². The van der Waals surface area contributed by atoms with Crippen LogP contribution in [0.15, 0.2) is 65.6 Å². The number of carbonyl (C=O) groups excluding carboxylic acids is 1. The van der Waals surface area contributed by atoms with Crippen LogP contribution in [0.1, 0.15) is 29.3 Å².